The van der Waals surface area contributed by atoms with Crippen LogP contribution in [0.2, 0.25) is 0 Å². The molecule has 0 spiro atoms. The molecule has 0 amide bonds. The number of rotatable bonds is 0. The monoisotopic (exact) mass is 796 g/mol. The van der Waals surface area contributed by atoms with E-state index in [1.165, 1.54) is 0 Å². The standard InChI is InChI=1S/3Hf.8N.3Ti/q3*+4;8*-3;3*+4. The van der Waals surface area contributed by atoms with Gasteiger partial charge in [-0.3, -0.25) is 0 Å². The Morgan fingerprint density at radius 2 is 0.214 bits per heavy atom. The summed E-state index contributed by atoms with van der Waals surface area (Å²) in [4.78, 5) is 0. The molecule has 0 aromatic carbocycles. The number of nitrogens with zero attached hydrogens (tertiary/aromatic N) is 8. The van der Waals surface area contributed by atoms with Crippen LogP contribution in [-0.4, -0.2) is 0 Å². The third-order valence-corrected chi connectivity index (χ3v) is 0. The smallest absolute Gasteiger partial charge is 3.00 e. The van der Waals surface area contributed by atoms with Crippen molar-refractivity contribution in [3.8, 4) is 0 Å². The minimum Gasteiger partial charge on any atom is -3.00 e. The van der Waals surface area contributed by atoms with Gasteiger partial charge < -0.3 is 49.2 Å². The summed E-state index contributed by atoms with van der Waals surface area (Å²) in [5.41, 5.74) is 0. The van der Waals surface area contributed by atoms with Crippen LogP contribution in [0, 0.1) is 0 Å². The number of hydrogen-bond acceptors (Lipinski definition) is 0. The van der Waals surface area contributed by atoms with Crippen LogP contribution in [0.5, 0.6) is 0 Å². The van der Waals surface area contributed by atoms with Gasteiger partial charge in [0.1, 0.15) is 0 Å². The fraction of sp³-hybridized carbons (Fsp3) is 0. The molecule has 0 saturated heterocycles. The van der Waals surface area contributed by atoms with Gasteiger partial charge in [-0.1, -0.05) is 0 Å². The summed E-state index contributed by atoms with van der Waals surface area (Å²) >= 11 is 0. The van der Waals surface area contributed by atoms with E-state index in [0.29, 0.717) is 0 Å². The molecule has 0 fully saturated rings. The van der Waals surface area contributed by atoms with Crippen molar-refractivity contribution >= 4 is 0 Å². The Morgan fingerprint density at radius 3 is 0.214 bits per heavy atom. The molecule has 0 aromatic heterocycles. The number of hydrogen-bond donors (Lipinski definition) is 0. The molecule has 0 saturated carbocycles. The first-order valence-electron chi connectivity index (χ1n) is 0. The molecule has 0 aromatic rings. The SMILES string of the molecule is [Hf+4].[Hf+4].[Hf+4].[N-3].[N-3].[N-3].[N-3].[N-3].[N-3].[N-3].[N-3].[Ti+4].[Ti+4].[Ti+4]. The fourth-order valence-electron chi connectivity index (χ4n) is 0. The summed E-state index contributed by atoms with van der Waals surface area (Å²) in [6.45, 7) is 0. The molecule has 64 valence electrons. The summed E-state index contributed by atoms with van der Waals surface area (Å²) in [5, 5.41) is 0. The Balaban J connectivity index is 0. The topological polar surface area (TPSA) is 244 Å². The van der Waals surface area contributed by atoms with Crippen molar-refractivity contribution in [2.75, 3.05) is 0 Å². The van der Waals surface area contributed by atoms with E-state index in [2.05, 4.69) is 0 Å². The van der Waals surface area contributed by atoms with Crippen molar-refractivity contribution in [3.05, 3.63) is 49.2 Å². The zero-order valence-electron chi connectivity index (χ0n) is 6.58. The molecular weight excluding hydrogens is 791 g/mol. The van der Waals surface area contributed by atoms with Crippen LogP contribution in [0.15, 0.2) is 0 Å². The van der Waals surface area contributed by atoms with Crippen LogP contribution in [0.1, 0.15) is 0 Å². The van der Waals surface area contributed by atoms with Crippen LogP contribution < -0.4 is 0 Å². The van der Waals surface area contributed by atoms with E-state index in [1.807, 2.05) is 0 Å². The van der Waals surface area contributed by atoms with Crippen LogP contribution >= 0.6 is 0 Å². The Kier molecular flexibility index (Phi) is 4880. The normalized spacial score (nSPS) is 0. The van der Waals surface area contributed by atoms with Gasteiger partial charge in [0.2, 0.25) is 0 Å². The first-order chi connectivity index (χ1) is 0. The van der Waals surface area contributed by atoms with Crippen LogP contribution in [0.25, 0.3) is 49.2 Å². The van der Waals surface area contributed by atoms with E-state index in [4.69, 9.17) is 0 Å². The van der Waals surface area contributed by atoms with Gasteiger partial charge in [-0.25, -0.2) is 0 Å². The largest absolute Gasteiger partial charge is 4.00 e. The molecular formula is Hf3N8Ti3. The van der Waals surface area contributed by atoms with Crippen molar-refractivity contribution in [1.82, 2.24) is 0 Å². The van der Waals surface area contributed by atoms with E-state index in [1.54, 1.807) is 0 Å². The Hall–Kier alpha value is 4.43. The summed E-state index contributed by atoms with van der Waals surface area (Å²) in [5.74, 6) is 0. The molecule has 0 unspecified atom stereocenters. The maximum atomic E-state index is 0. The molecule has 0 heterocycles. The van der Waals surface area contributed by atoms with Gasteiger partial charge in [0, 0.05) is 0 Å². The fourth-order valence-corrected chi connectivity index (χ4v) is 0. The molecule has 0 aliphatic heterocycles. The average Bonchev–Trinajstić information content (AvgIpc) is 0. The van der Waals surface area contributed by atoms with Crippen molar-refractivity contribution in [2.24, 2.45) is 0 Å². The second-order valence-corrected chi connectivity index (χ2v) is 0. The van der Waals surface area contributed by atoms with Gasteiger partial charge in [0.25, 0.3) is 0 Å². The van der Waals surface area contributed by atoms with Gasteiger partial charge in [0.05, 0.1) is 0 Å². The summed E-state index contributed by atoms with van der Waals surface area (Å²) < 4.78 is 0. The van der Waals surface area contributed by atoms with Gasteiger partial charge in [0.15, 0.2) is 0 Å². The maximum absolute atomic E-state index is 0. The van der Waals surface area contributed by atoms with Crippen molar-refractivity contribution in [3.63, 3.8) is 0 Å². The second kappa shape index (κ2) is 240. The first-order valence-corrected chi connectivity index (χ1v) is 0. The zero-order valence-corrected chi connectivity index (χ0v) is 22.0. The molecule has 0 radical (unpaired) electrons. The average molecular weight is 791 g/mol. The Bertz CT molecular complexity index is 19.8. The molecule has 0 aliphatic carbocycles. The molecule has 0 N–H and O–H groups in total. The quantitative estimate of drug-likeness (QED) is 0.321. The summed E-state index contributed by atoms with van der Waals surface area (Å²) in [6, 6.07) is 0. The van der Waals surface area contributed by atoms with E-state index < -0.39 is 0 Å². The van der Waals surface area contributed by atoms with E-state index in [9.17, 15) is 0 Å². The zero-order chi connectivity index (χ0) is 0. The third-order valence-electron chi connectivity index (χ3n) is 0. The van der Waals surface area contributed by atoms with Crippen LogP contribution in [-0.2, 0) is 143 Å². The minimum absolute atomic E-state index is 0. The second-order valence-electron chi connectivity index (χ2n) is 0. The predicted octanol–water partition coefficient (Wildman–Crippen LogP) is 2.29. The molecule has 0 aliphatic rings. The van der Waals surface area contributed by atoms with E-state index >= 15 is 0 Å². The van der Waals surface area contributed by atoms with Gasteiger partial charge in [-0.15, -0.1) is 0 Å². The minimum atomic E-state index is 0. The molecule has 14 heteroatoms. The van der Waals surface area contributed by atoms with Crippen LogP contribution in [0.3, 0.4) is 0 Å². The van der Waals surface area contributed by atoms with Gasteiger partial charge in [-0.2, -0.15) is 0 Å². The van der Waals surface area contributed by atoms with Gasteiger partial charge in [-0.05, 0) is 0 Å². The molecule has 0 atom stereocenters. The first kappa shape index (κ1) is 285. The molecule has 0 rings (SSSR count). The molecule has 0 bridgehead atoms. The summed E-state index contributed by atoms with van der Waals surface area (Å²) in [6.07, 6.45) is 0. The van der Waals surface area contributed by atoms with E-state index in [-0.39, 0.29) is 192 Å². The van der Waals surface area contributed by atoms with Crippen molar-refractivity contribution in [1.29, 1.82) is 0 Å². The van der Waals surface area contributed by atoms with Crippen molar-refractivity contribution in [2.45, 2.75) is 0 Å². The van der Waals surface area contributed by atoms with Crippen LogP contribution in [0.4, 0.5) is 0 Å². The maximum Gasteiger partial charge on any atom is 4.00 e. The Morgan fingerprint density at radius 1 is 0.214 bits per heavy atom. The summed E-state index contributed by atoms with van der Waals surface area (Å²) in [7, 11) is 0. The third kappa shape index (κ3) is 199. The molecule has 8 nitrogen and oxygen atoms in total. The van der Waals surface area contributed by atoms with E-state index in [0.717, 1.165) is 0 Å². The molecule has 14 heavy (non-hydrogen) atoms. The Labute approximate surface area is 188 Å². The predicted molar refractivity (Wildman–Crippen MR) is 26.9 cm³/mol. The van der Waals surface area contributed by atoms with Crippen molar-refractivity contribution < 1.29 is 143 Å². The van der Waals surface area contributed by atoms with Gasteiger partial charge >= 0.3 is 143 Å².